The molecule has 0 aliphatic carbocycles. The molecule has 1 radical (unpaired) electrons. The lowest BCUT2D eigenvalue weighted by Gasteiger charge is -2.08. The maximum absolute atomic E-state index is 6.28. The standard InChI is InChI=1S/C20H16N3O.ClH/c1-24-19-11-5-7-13-15(19)8-4-10-18(13)23-20(21)16-12-22-17-9-3-2-6-14(16)17;/h2-12H,1H3,(H2,21,23);1H. The van der Waals surface area contributed by atoms with Crippen LogP contribution in [0.5, 0.6) is 5.75 Å². The van der Waals surface area contributed by atoms with Gasteiger partial charge in [-0.05, 0) is 18.2 Å². The summed E-state index contributed by atoms with van der Waals surface area (Å²) in [4.78, 5) is 4.65. The Morgan fingerprint density at radius 2 is 1.72 bits per heavy atom. The molecule has 1 aliphatic heterocycles. The molecule has 125 valence electrons. The highest BCUT2D eigenvalue weighted by Crippen LogP contribution is 2.34. The van der Waals surface area contributed by atoms with E-state index in [9.17, 15) is 0 Å². The van der Waals surface area contributed by atoms with Crippen LogP contribution in [0.15, 0.2) is 71.9 Å². The van der Waals surface area contributed by atoms with Gasteiger partial charge in [0.05, 0.1) is 18.5 Å². The molecule has 0 spiro atoms. The number of rotatable bonds is 3. The van der Waals surface area contributed by atoms with Crippen molar-refractivity contribution in [3.8, 4) is 5.75 Å². The molecule has 1 aliphatic rings. The van der Waals surface area contributed by atoms with Crippen molar-refractivity contribution < 1.29 is 4.74 Å². The number of nitrogens with zero attached hydrogens (tertiary/aromatic N) is 2. The van der Waals surface area contributed by atoms with E-state index in [1.165, 1.54) is 0 Å². The summed E-state index contributed by atoms with van der Waals surface area (Å²) < 4.78 is 5.43. The van der Waals surface area contributed by atoms with E-state index in [2.05, 4.69) is 10.3 Å². The van der Waals surface area contributed by atoms with Crippen molar-refractivity contribution in [2.75, 3.05) is 7.11 Å². The topological polar surface area (TPSA) is 61.7 Å². The number of fused-ring (bicyclic) bond motifs is 2. The lowest BCUT2D eigenvalue weighted by molar-refractivity contribution is 0.420. The Morgan fingerprint density at radius 1 is 0.960 bits per heavy atom. The molecule has 0 saturated heterocycles. The van der Waals surface area contributed by atoms with E-state index in [1.807, 2.05) is 60.7 Å². The zero-order valence-corrected chi connectivity index (χ0v) is 14.5. The third-order valence-corrected chi connectivity index (χ3v) is 4.12. The maximum Gasteiger partial charge on any atom is 0.133 e. The second-order valence-corrected chi connectivity index (χ2v) is 5.52. The van der Waals surface area contributed by atoms with Crippen molar-refractivity contribution in [2.24, 2.45) is 10.7 Å². The highest BCUT2D eigenvalue weighted by molar-refractivity contribution is 6.25. The van der Waals surface area contributed by atoms with Gasteiger partial charge in [0.15, 0.2) is 0 Å². The number of hydrogen-bond acceptors (Lipinski definition) is 2. The molecule has 1 heterocycles. The Labute approximate surface area is 152 Å². The second kappa shape index (κ2) is 6.87. The van der Waals surface area contributed by atoms with Crippen LogP contribution in [0.3, 0.4) is 0 Å². The lowest BCUT2D eigenvalue weighted by Crippen LogP contribution is -2.12. The van der Waals surface area contributed by atoms with E-state index in [0.717, 1.165) is 39.0 Å². The normalized spacial score (nSPS) is 12.8. The van der Waals surface area contributed by atoms with Crippen molar-refractivity contribution >= 4 is 46.0 Å². The summed E-state index contributed by atoms with van der Waals surface area (Å²) in [6, 6.07) is 19.7. The summed E-state index contributed by atoms with van der Waals surface area (Å²) in [6.07, 6.45) is 1.77. The van der Waals surface area contributed by atoms with Crippen molar-refractivity contribution in [3.63, 3.8) is 0 Å². The first-order valence-corrected chi connectivity index (χ1v) is 7.68. The van der Waals surface area contributed by atoms with Gasteiger partial charge in [-0.2, -0.15) is 0 Å². The first kappa shape index (κ1) is 16.9. The number of methoxy groups -OCH3 is 1. The minimum Gasteiger partial charge on any atom is -0.496 e. The van der Waals surface area contributed by atoms with Gasteiger partial charge in [-0.3, -0.25) is 5.32 Å². The molecule has 3 aromatic rings. The zero-order valence-electron chi connectivity index (χ0n) is 13.6. The summed E-state index contributed by atoms with van der Waals surface area (Å²) in [5.41, 5.74) is 9.88. The Kier molecular flexibility index (Phi) is 4.63. The molecular weight excluding hydrogens is 334 g/mol. The van der Waals surface area contributed by atoms with Gasteiger partial charge in [-0.15, -0.1) is 12.4 Å². The van der Waals surface area contributed by atoms with Crippen molar-refractivity contribution in [3.05, 3.63) is 72.4 Å². The van der Waals surface area contributed by atoms with Crippen LogP contribution in [-0.2, 0) is 0 Å². The fraction of sp³-hybridized carbons (Fsp3) is 0.0500. The second-order valence-electron chi connectivity index (χ2n) is 5.52. The Hall–Kier alpha value is -2.98. The van der Waals surface area contributed by atoms with E-state index in [0.29, 0.717) is 5.84 Å². The molecular formula is C20H17ClN3O. The fourth-order valence-corrected chi connectivity index (χ4v) is 2.95. The van der Waals surface area contributed by atoms with Crippen LogP contribution < -0.4 is 15.8 Å². The fourth-order valence-electron chi connectivity index (χ4n) is 2.95. The summed E-state index contributed by atoms with van der Waals surface area (Å²) >= 11 is 0. The molecule has 25 heavy (non-hydrogen) atoms. The lowest BCUT2D eigenvalue weighted by atomic mass is 10.1. The van der Waals surface area contributed by atoms with E-state index in [4.69, 9.17) is 10.5 Å². The molecule has 5 heteroatoms. The van der Waals surface area contributed by atoms with E-state index < -0.39 is 0 Å². The number of para-hydroxylation sites is 1. The molecule has 0 fully saturated rings. The van der Waals surface area contributed by atoms with Gasteiger partial charge in [0.1, 0.15) is 11.6 Å². The largest absolute Gasteiger partial charge is 0.496 e. The van der Waals surface area contributed by atoms with Crippen LogP contribution in [0, 0.1) is 0 Å². The smallest absolute Gasteiger partial charge is 0.133 e. The van der Waals surface area contributed by atoms with Gasteiger partial charge in [-0.1, -0.05) is 42.5 Å². The summed E-state index contributed by atoms with van der Waals surface area (Å²) in [5, 5.41) is 6.41. The van der Waals surface area contributed by atoms with Gasteiger partial charge in [-0.25, -0.2) is 4.99 Å². The van der Waals surface area contributed by atoms with Crippen molar-refractivity contribution in [2.45, 2.75) is 0 Å². The van der Waals surface area contributed by atoms with Crippen LogP contribution in [-0.4, -0.2) is 12.9 Å². The maximum atomic E-state index is 6.28. The monoisotopic (exact) mass is 350 g/mol. The first-order chi connectivity index (χ1) is 11.8. The van der Waals surface area contributed by atoms with Crippen molar-refractivity contribution in [1.29, 1.82) is 0 Å². The van der Waals surface area contributed by atoms with Gasteiger partial charge in [0.2, 0.25) is 0 Å². The minimum atomic E-state index is 0. The summed E-state index contributed by atoms with van der Waals surface area (Å²) in [5.74, 6) is 1.28. The van der Waals surface area contributed by atoms with Crippen LogP contribution >= 0.6 is 12.4 Å². The van der Waals surface area contributed by atoms with Crippen LogP contribution in [0.1, 0.15) is 5.56 Å². The van der Waals surface area contributed by atoms with Gasteiger partial charge >= 0.3 is 0 Å². The zero-order chi connectivity index (χ0) is 16.5. The molecule has 0 atom stereocenters. The Morgan fingerprint density at radius 3 is 2.56 bits per heavy atom. The molecule has 0 saturated carbocycles. The molecule has 2 N–H and O–H groups in total. The third-order valence-electron chi connectivity index (χ3n) is 4.12. The predicted molar refractivity (Wildman–Crippen MR) is 105 cm³/mol. The van der Waals surface area contributed by atoms with Gasteiger partial charge in [0, 0.05) is 28.1 Å². The van der Waals surface area contributed by atoms with E-state index in [-0.39, 0.29) is 12.4 Å². The SMILES string of the molecule is COc1cccc2c(N=C(N)C3=C[N]c4ccccc43)cccc12.Cl. The number of benzene rings is 3. The molecule has 0 bridgehead atoms. The minimum absolute atomic E-state index is 0. The number of ether oxygens (including phenoxy) is 1. The quantitative estimate of drug-likeness (QED) is 0.556. The molecule has 4 nitrogen and oxygen atoms in total. The highest BCUT2D eigenvalue weighted by atomic mass is 35.5. The number of aliphatic imine (C=N–C) groups is 1. The third kappa shape index (κ3) is 2.92. The number of nitrogens with two attached hydrogens (primary N) is 1. The Balaban J connectivity index is 0.00000182. The first-order valence-electron chi connectivity index (χ1n) is 7.68. The number of halogens is 1. The van der Waals surface area contributed by atoms with E-state index >= 15 is 0 Å². The van der Waals surface area contributed by atoms with Gasteiger partial charge < -0.3 is 10.5 Å². The highest BCUT2D eigenvalue weighted by Gasteiger charge is 2.17. The van der Waals surface area contributed by atoms with Gasteiger partial charge in [0.25, 0.3) is 0 Å². The summed E-state index contributed by atoms with van der Waals surface area (Å²) in [7, 11) is 1.67. The molecule has 3 aromatic carbocycles. The van der Waals surface area contributed by atoms with Crippen molar-refractivity contribution in [1.82, 2.24) is 5.32 Å². The number of amidine groups is 1. The Bertz CT molecular complexity index is 995. The van der Waals surface area contributed by atoms with Crippen LogP contribution in [0.25, 0.3) is 16.3 Å². The molecule has 0 unspecified atom stereocenters. The molecule has 0 amide bonds. The molecule has 4 rings (SSSR count). The average molecular weight is 351 g/mol. The average Bonchev–Trinajstić information content (AvgIpc) is 3.05. The summed E-state index contributed by atoms with van der Waals surface area (Å²) in [6.45, 7) is 0. The van der Waals surface area contributed by atoms with E-state index in [1.54, 1.807) is 13.3 Å². The van der Waals surface area contributed by atoms with Crippen LogP contribution in [0.2, 0.25) is 0 Å². The number of hydrogen-bond donors (Lipinski definition) is 1. The molecule has 0 aromatic heterocycles. The van der Waals surface area contributed by atoms with Crippen LogP contribution in [0.4, 0.5) is 11.4 Å². The predicted octanol–water partition coefficient (Wildman–Crippen LogP) is 4.55.